The Kier molecular flexibility index (Phi) is 5.02. The maximum absolute atomic E-state index is 11.9. The summed E-state index contributed by atoms with van der Waals surface area (Å²) < 4.78 is 0. The summed E-state index contributed by atoms with van der Waals surface area (Å²) in [7, 11) is 0. The molecule has 19 heavy (non-hydrogen) atoms. The first-order chi connectivity index (χ1) is 8.80. The summed E-state index contributed by atoms with van der Waals surface area (Å²) in [6.07, 6.45) is 0.435. The lowest BCUT2D eigenvalue weighted by Gasteiger charge is -2.22. The fraction of sp³-hybridized carbons (Fsp3) is 0.583. The van der Waals surface area contributed by atoms with Crippen LogP contribution in [0.3, 0.4) is 0 Å². The minimum absolute atomic E-state index is 0.0721. The van der Waals surface area contributed by atoms with Crippen LogP contribution in [-0.4, -0.2) is 28.5 Å². The Balaban J connectivity index is 2.67. The highest BCUT2D eigenvalue weighted by Crippen LogP contribution is 2.20. The van der Waals surface area contributed by atoms with Crippen molar-refractivity contribution >= 4 is 23.2 Å². The lowest BCUT2D eigenvalue weighted by atomic mass is 9.88. The summed E-state index contributed by atoms with van der Waals surface area (Å²) in [6.45, 7) is 5.24. The Hall–Kier alpha value is -1.47. The molecule has 0 aliphatic rings. The van der Waals surface area contributed by atoms with Crippen LogP contribution in [0.1, 0.15) is 48.7 Å². The number of rotatable bonds is 6. The van der Waals surface area contributed by atoms with E-state index in [4.69, 9.17) is 10.8 Å². The van der Waals surface area contributed by atoms with E-state index in [0.717, 1.165) is 0 Å². The van der Waals surface area contributed by atoms with Crippen LogP contribution in [0.25, 0.3) is 0 Å². The van der Waals surface area contributed by atoms with Crippen LogP contribution in [0.4, 0.5) is 0 Å². The average Bonchev–Trinajstić information content (AvgIpc) is 2.85. The van der Waals surface area contributed by atoms with Gasteiger partial charge in [-0.1, -0.05) is 6.92 Å². The van der Waals surface area contributed by atoms with Crippen molar-refractivity contribution in [1.82, 2.24) is 10.3 Å². The SMILES string of the molecule is CCC(C)(CNC(=O)c1csc(C(C)N)n1)C(=O)O. The van der Waals surface area contributed by atoms with Gasteiger partial charge in [0.25, 0.3) is 5.91 Å². The lowest BCUT2D eigenvalue weighted by Crippen LogP contribution is -2.40. The third-order valence-electron chi connectivity index (χ3n) is 3.08. The lowest BCUT2D eigenvalue weighted by molar-refractivity contribution is -0.147. The number of thiazole rings is 1. The number of carbonyl (C=O) groups excluding carboxylic acids is 1. The van der Waals surface area contributed by atoms with Gasteiger partial charge < -0.3 is 16.2 Å². The van der Waals surface area contributed by atoms with E-state index in [2.05, 4.69) is 10.3 Å². The van der Waals surface area contributed by atoms with Crippen molar-refractivity contribution in [2.45, 2.75) is 33.2 Å². The van der Waals surface area contributed by atoms with Gasteiger partial charge in [-0.15, -0.1) is 11.3 Å². The molecule has 106 valence electrons. The number of nitrogens with one attached hydrogen (secondary N) is 1. The number of nitrogens with two attached hydrogens (primary N) is 1. The van der Waals surface area contributed by atoms with Gasteiger partial charge in [0.1, 0.15) is 10.7 Å². The van der Waals surface area contributed by atoms with E-state index < -0.39 is 11.4 Å². The molecule has 1 aromatic rings. The van der Waals surface area contributed by atoms with Crippen molar-refractivity contribution in [3.05, 3.63) is 16.1 Å². The van der Waals surface area contributed by atoms with E-state index in [-0.39, 0.29) is 24.2 Å². The van der Waals surface area contributed by atoms with Crippen LogP contribution in [0.2, 0.25) is 0 Å². The number of aliphatic carboxylic acids is 1. The fourth-order valence-electron chi connectivity index (χ4n) is 1.32. The Morgan fingerprint density at radius 1 is 1.63 bits per heavy atom. The van der Waals surface area contributed by atoms with Crippen molar-refractivity contribution < 1.29 is 14.7 Å². The zero-order chi connectivity index (χ0) is 14.6. The van der Waals surface area contributed by atoms with Crippen LogP contribution in [0, 0.1) is 5.41 Å². The van der Waals surface area contributed by atoms with Crippen LogP contribution in [0.15, 0.2) is 5.38 Å². The van der Waals surface area contributed by atoms with Gasteiger partial charge in [-0.25, -0.2) is 4.98 Å². The minimum Gasteiger partial charge on any atom is -0.481 e. The summed E-state index contributed by atoms with van der Waals surface area (Å²) in [5.41, 5.74) is 4.99. The molecule has 1 heterocycles. The summed E-state index contributed by atoms with van der Waals surface area (Å²) in [5.74, 6) is -1.30. The molecule has 4 N–H and O–H groups in total. The molecular formula is C12H19N3O3S. The molecule has 0 aliphatic carbocycles. The molecule has 6 nitrogen and oxygen atoms in total. The Morgan fingerprint density at radius 2 is 2.26 bits per heavy atom. The maximum atomic E-state index is 11.9. The topological polar surface area (TPSA) is 105 Å². The number of nitrogens with zero attached hydrogens (tertiary/aromatic N) is 1. The zero-order valence-corrected chi connectivity index (χ0v) is 12.1. The third kappa shape index (κ3) is 3.74. The van der Waals surface area contributed by atoms with Crippen LogP contribution in [0.5, 0.6) is 0 Å². The van der Waals surface area contributed by atoms with Gasteiger partial charge in [0.15, 0.2) is 0 Å². The molecule has 0 saturated carbocycles. The number of aromatic nitrogens is 1. The first-order valence-electron chi connectivity index (χ1n) is 6.02. The summed E-state index contributed by atoms with van der Waals surface area (Å²) in [4.78, 5) is 27.1. The zero-order valence-electron chi connectivity index (χ0n) is 11.3. The molecule has 2 atom stereocenters. The molecule has 1 amide bonds. The third-order valence-corrected chi connectivity index (χ3v) is 4.13. The molecular weight excluding hydrogens is 266 g/mol. The monoisotopic (exact) mass is 285 g/mol. The number of carbonyl (C=O) groups is 2. The largest absolute Gasteiger partial charge is 0.481 e. The Labute approximate surface area is 116 Å². The molecule has 0 saturated heterocycles. The van der Waals surface area contributed by atoms with Gasteiger partial charge in [0, 0.05) is 11.9 Å². The van der Waals surface area contributed by atoms with Crippen molar-refractivity contribution in [1.29, 1.82) is 0 Å². The average molecular weight is 285 g/mol. The van der Waals surface area contributed by atoms with E-state index in [9.17, 15) is 9.59 Å². The van der Waals surface area contributed by atoms with Crippen LogP contribution >= 0.6 is 11.3 Å². The molecule has 1 aromatic heterocycles. The van der Waals surface area contributed by atoms with Gasteiger partial charge >= 0.3 is 5.97 Å². The predicted octanol–water partition coefficient (Wildman–Crippen LogP) is 1.39. The smallest absolute Gasteiger partial charge is 0.311 e. The number of hydrogen-bond acceptors (Lipinski definition) is 5. The molecule has 7 heteroatoms. The second-order valence-corrected chi connectivity index (χ2v) is 5.65. The molecule has 0 aliphatic heterocycles. The molecule has 0 fully saturated rings. The molecule has 2 unspecified atom stereocenters. The quantitative estimate of drug-likeness (QED) is 0.732. The second kappa shape index (κ2) is 6.12. The van der Waals surface area contributed by atoms with Crippen molar-refractivity contribution in [3.63, 3.8) is 0 Å². The van der Waals surface area contributed by atoms with Crippen LogP contribution in [-0.2, 0) is 4.79 Å². The van der Waals surface area contributed by atoms with Gasteiger partial charge in [0.05, 0.1) is 11.5 Å². The summed E-state index contributed by atoms with van der Waals surface area (Å²) in [6, 6.07) is -0.216. The van der Waals surface area contributed by atoms with E-state index in [1.54, 1.807) is 26.2 Å². The number of amides is 1. The molecule has 0 spiro atoms. The van der Waals surface area contributed by atoms with Gasteiger partial charge in [0.2, 0.25) is 0 Å². The standard InChI is InChI=1S/C12H19N3O3S/c1-4-12(3,11(17)18)6-14-9(16)8-5-19-10(15-8)7(2)13/h5,7H,4,6,13H2,1-3H3,(H,14,16)(H,17,18). The highest BCUT2D eigenvalue weighted by molar-refractivity contribution is 7.09. The number of carboxylic acid groups (broad SMARTS) is 1. The molecule has 0 bridgehead atoms. The number of carboxylic acids is 1. The molecule has 0 radical (unpaired) electrons. The molecule has 0 aromatic carbocycles. The Morgan fingerprint density at radius 3 is 2.68 bits per heavy atom. The van der Waals surface area contributed by atoms with E-state index >= 15 is 0 Å². The Bertz CT molecular complexity index is 473. The summed E-state index contributed by atoms with van der Waals surface area (Å²) >= 11 is 1.32. The maximum Gasteiger partial charge on any atom is 0.311 e. The fourth-order valence-corrected chi connectivity index (χ4v) is 2.08. The van der Waals surface area contributed by atoms with E-state index in [1.807, 2.05) is 0 Å². The van der Waals surface area contributed by atoms with E-state index in [1.165, 1.54) is 11.3 Å². The van der Waals surface area contributed by atoms with Gasteiger partial charge in [-0.05, 0) is 20.3 Å². The number of hydrogen-bond donors (Lipinski definition) is 3. The normalized spacial score (nSPS) is 15.6. The minimum atomic E-state index is -0.963. The predicted molar refractivity (Wildman–Crippen MR) is 73.1 cm³/mol. The van der Waals surface area contributed by atoms with E-state index in [0.29, 0.717) is 11.4 Å². The van der Waals surface area contributed by atoms with Gasteiger partial charge in [-0.2, -0.15) is 0 Å². The first-order valence-corrected chi connectivity index (χ1v) is 6.90. The second-order valence-electron chi connectivity index (χ2n) is 4.76. The molecule has 1 rings (SSSR count). The summed E-state index contributed by atoms with van der Waals surface area (Å²) in [5, 5.41) is 14.0. The highest BCUT2D eigenvalue weighted by Gasteiger charge is 2.31. The first kappa shape index (κ1) is 15.6. The highest BCUT2D eigenvalue weighted by atomic mass is 32.1. The van der Waals surface area contributed by atoms with Crippen LogP contribution < -0.4 is 11.1 Å². The van der Waals surface area contributed by atoms with Crippen molar-refractivity contribution in [2.24, 2.45) is 11.1 Å². The van der Waals surface area contributed by atoms with Crippen molar-refractivity contribution in [2.75, 3.05) is 6.54 Å². The van der Waals surface area contributed by atoms with Gasteiger partial charge in [-0.3, -0.25) is 9.59 Å². The van der Waals surface area contributed by atoms with Crippen molar-refractivity contribution in [3.8, 4) is 0 Å².